The van der Waals surface area contributed by atoms with Gasteiger partial charge in [-0.15, -0.1) is 0 Å². The molecule has 0 saturated heterocycles. The Labute approximate surface area is 147 Å². The van der Waals surface area contributed by atoms with Crippen LogP contribution in [0.15, 0.2) is 11.6 Å². The van der Waals surface area contributed by atoms with E-state index in [4.69, 9.17) is 0 Å². The minimum Gasteiger partial charge on any atom is -0.396 e. The van der Waals surface area contributed by atoms with E-state index < -0.39 is 0 Å². The summed E-state index contributed by atoms with van der Waals surface area (Å²) < 4.78 is 0. The van der Waals surface area contributed by atoms with Crippen molar-refractivity contribution in [2.45, 2.75) is 72.1 Å². The summed E-state index contributed by atoms with van der Waals surface area (Å²) in [6.45, 7) is 7.59. The van der Waals surface area contributed by atoms with E-state index in [1.54, 1.807) is 0 Å². The number of carbonyl (C=O) groups excluding carboxylic acids is 1. The molecule has 0 bridgehead atoms. The number of allylic oxidation sites excluding steroid dienone is 1. The smallest absolute Gasteiger partial charge is 0.155 e. The van der Waals surface area contributed by atoms with E-state index in [2.05, 4.69) is 20.8 Å². The van der Waals surface area contributed by atoms with Gasteiger partial charge < -0.3 is 5.11 Å². The van der Waals surface area contributed by atoms with Crippen molar-refractivity contribution in [2.24, 2.45) is 40.4 Å². The highest BCUT2D eigenvalue weighted by Gasteiger charge is 2.59. The van der Waals surface area contributed by atoms with E-state index in [-0.39, 0.29) is 0 Å². The molecule has 0 heterocycles. The first kappa shape index (κ1) is 16.8. The zero-order valence-electron chi connectivity index (χ0n) is 15.7. The van der Waals surface area contributed by atoms with E-state index >= 15 is 0 Å². The van der Waals surface area contributed by atoms with E-state index in [9.17, 15) is 9.90 Å². The molecule has 2 nitrogen and oxygen atoms in total. The zero-order valence-corrected chi connectivity index (χ0v) is 15.7. The average Bonchev–Trinajstić information content (AvgIpc) is 2.92. The van der Waals surface area contributed by atoms with Crippen LogP contribution in [-0.2, 0) is 4.79 Å². The number of rotatable bonds is 2. The highest BCUT2D eigenvalue weighted by molar-refractivity contribution is 5.91. The number of hydrogen-bond donors (Lipinski definition) is 1. The maximum Gasteiger partial charge on any atom is 0.155 e. The fourth-order valence-corrected chi connectivity index (χ4v) is 7.66. The third-order valence-corrected chi connectivity index (χ3v) is 9.01. The Bertz CT molecular complexity index is 564. The van der Waals surface area contributed by atoms with E-state index in [1.807, 2.05) is 6.08 Å². The maximum absolute atomic E-state index is 11.9. The summed E-state index contributed by atoms with van der Waals surface area (Å²) in [7, 11) is 0. The monoisotopic (exact) mass is 330 g/mol. The first-order valence-corrected chi connectivity index (χ1v) is 10.2. The molecule has 4 rings (SSSR count). The van der Waals surface area contributed by atoms with Crippen LogP contribution in [0.25, 0.3) is 0 Å². The van der Waals surface area contributed by atoms with Crippen LogP contribution < -0.4 is 0 Å². The van der Waals surface area contributed by atoms with Crippen molar-refractivity contribution in [3.05, 3.63) is 11.6 Å². The van der Waals surface area contributed by atoms with Gasteiger partial charge in [-0.2, -0.15) is 0 Å². The number of hydrogen-bond acceptors (Lipinski definition) is 2. The first-order chi connectivity index (χ1) is 11.4. The molecular weight excluding hydrogens is 296 g/mol. The summed E-state index contributed by atoms with van der Waals surface area (Å²) in [6.07, 6.45) is 11.6. The topological polar surface area (TPSA) is 37.3 Å². The molecule has 0 radical (unpaired) electrons. The number of aliphatic hydroxyl groups excluding tert-OH is 1. The van der Waals surface area contributed by atoms with Crippen LogP contribution in [0.3, 0.4) is 0 Å². The molecule has 0 spiro atoms. The van der Waals surface area contributed by atoms with Crippen molar-refractivity contribution in [3.8, 4) is 0 Å². The van der Waals surface area contributed by atoms with Gasteiger partial charge in [0.05, 0.1) is 0 Å². The van der Waals surface area contributed by atoms with Crippen LogP contribution in [0.1, 0.15) is 72.1 Å². The Balaban J connectivity index is 1.63. The highest BCUT2D eigenvalue weighted by atomic mass is 16.3. The summed E-state index contributed by atoms with van der Waals surface area (Å²) in [5, 5.41) is 9.71. The number of aliphatic hydroxyl groups is 1. The predicted octanol–water partition coefficient (Wildman–Crippen LogP) is 4.76. The molecule has 0 aliphatic heterocycles. The Morgan fingerprint density at radius 3 is 2.67 bits per heavy atom. The second-order valence-corrected chi connectivity index (χ2v) is 9.86. The molecule has 4 aliphatic carbocycles. The Kier molecular flexibility index (Phi) is 3.99. The molecular formula is C22H34O2. The van der Waals surface area contributed by atoms with E-state index in [0.29, 0.717) is 35.1 Å². The van der Waals surface area contributed by atoms with Crippen LogP contribution in [0.4, 0.5) is 0 Å². The molecule has 2 heteroatoms. The van der Waals surface area contributed by atoms with Gasteiger partial charge in [-0.3, -0.25) is 4.79 Å². The number of fused-ring (bicyclic) bond motifs is 5. The maximum atomic E-state index is 11.9. The minimum absolute atomic E-state index is 0.291. The molecule has 1 N–H and O–H groups in total. The summed E-state index contributed by atoms with van der Waals surface area (Å²) >= 11 is 0. The number of carbonyl (C=O) groups is 1. The summed E-state index contributed by atoms with van der Waals surface area (Å²) in [6, 6.07) is 0. The molecule has 24 heavy (non-hydrogen) atoms. The van der Waals surface area contributed by atoms with Gasteiger partial charge in [0.2, 0.25) is 0 Å². The van der Waals surface area contributed by atoms with Crippen LogP contribution >= 0.6 is 0 Å². The van der Waals surface area contributed by atoms with Gasteiger partial charge in [0.25, 0.3) is 0 Å². The normalized spacial score (nSPS) is 49.0. The quantitative estimate of drug-likeness (QED) is 0.792. The largest absolute Gasteiger partial charge is 0.396 e. The van der Waals surface area contributed by atoms with Gasteiger partial charge in [0.15, 0.2) is 5.78 Å². The molecule has 7 atom stereocenters. The lowest BCUT2D eigenvalue weighted by Crippen LogP contribution is -2.51. The Morgan fingerprint density at radius 2 is 1.92 bits per heavy atom. The third-order valence-electron chi connectivity index (χ3n) is 9.01. The van der Waals surface area contributed by atoms with Gasteiger partial charge in [-0.25, -0.2) is 0 Å². The molecule has 3 saturated carbocycles. The molecule has 134 valence electrons. The Hall–Kier alpha value is -0.630. The van der Waals surface area contributed by atoms with Crippen LogP contribution in [0, 0.1) is 40.4 Å². The van der Waals surface area contributed by atoms with Crippen molar-refractivity contribution < 1.29 is 9.90 Å². The molecule has 0 aromatic rings. The lowest BCUT2D eigenvalue weighted by molar-refractivity contribution is -0.117. The first-order valence-electron chi connectivity index (χ1n) is 10.2. The Morgan fingerprint density at radius 1 is 1.12 bits per heavy atom. The fourth-order valence-electron chi connectivity index (χ4n) is 7.66. The number of ketones is 1. The predicted molar refractivity (Wildman–Crippen MR) is 96.4 cm³/mol. The van der Waals surface area contributed by atoms with Crippen LogP contribution in [-0.4, -0.2) is 17.5 Å². The lowest BCUT2D eigenvalue weighted by Gasteiger charge is -2.58. The summed E-state index contributed by atoms with van der Waals surface area (Å²) in [5.41, 5.74) is 2.20. The van der Waals surface area contributed by atoms with Gasteiger partial charge >= 0.3 is 0 Å². The van der Waals surface area contributed by atoms with Gasteiger partial charge in [-0.05, 0) is 91.4 Å². The second kappa shape index (κ2) is 5.69. The molecule has 0 unspecified atom stereocenters. The molecule has 0 aromatic carbocycles. The third kappa shape index (κ3) is 2.21. The second-order valence-electron chi connectivity index (χ2n) is 9.86. The van der Waals surface area contributed by atoms with E-state index in [1.165, 1.54) is 37.7 Å². The van der Waals surface area contributed by atoms with Crippen molar-refractivity contribution in [1.29, 1.82) is 0 Å². The molecule has 0 aromatic heterocycles. The summed E-state index contributed by atoms with van der Waals surface area (Å²) in [5.74, 6) is 3.97. The lowest BCUT2D eigenvalue weighted by atomic mass is 9.46. The van der Waals surface area contributed by atoms with Crippen molar-refractivity contribution in [1.82, 2.24) is 0 Å². The van der Waals surface area contributed by atoms with E-state index in [0.717, 1.165) is 37.0 Å². The minimum atomic E-state index is 0.291. The van der Waals surface area contributed by atoms with Gasteiger partial charge in [-0.1, -0.05) is 26.3 Å². The van der Waals surface area contributed by atoms with Crippen LogP contribution in [0.5, 0.6) is 0 Å². The molecule has 0 amide bonds. The standard InChI is InChI=1S/C22H34O2/c1-14(13-23)18-6-7-19-17-5-4-15-12-16(24)8-10-21(15,2)20(17)9-11-22(18,19)3/h12,14,17-20,23H,4-11,13H2,1-3H3/t14-,17-,18+,19-,20-,21+,22-/m1/s1. The summed E-state index contributed by atoms with van der Waals surface area (Å²) in [4.78, 5) is 11.9. The van der Waals surface area contributed by atoms with Gasteiger partial charge in [0.1, 0.15) is 0 Å². The molecule has 3 fully saturated rings. The zero-order chi connectivity index (χ0) is 17.1. The highest BCUT2D eigenvalue weighted by Crippen LogP contribution is 2.67. The van der Waals surface area contributed by atoms with Crippen molar-refractivity contribution in [3.63, 3.8) is 0 Å². The van der Waals surface area contributed by atoms with Crippen molar-refractivity contribution >= 4 is 5.78 Å². The molecule has 4 aliphatic rings. The average molecular weight is 331 g/mol. The fraction of sp³-hybridized carbons (Fsp3) is 0.864. The van der Waals surface area contributed by atoms with Crippen LogP contribution in [0.2, 0.25) is 0 Å². The van der Waals surface area contributed by atoms with Crippen molar-refractivity contribution in [2.75, 3.05) is 6.61 Å². The van der Waals surface area contributed by atoms with Gasteiger partial charge in [0, 0.05) is 13.0 Å². The SMILES string of the molecule is C[C@H](CO)[C@@H]1CC[C@@H]2[C@H]3CCC4=CC(=O)CC[C@]4(C)[C@@H]3CC[C@@]21C.